The van der Waals surface area contributed by atoms with Crippen LogP contribution in [0.1, 0.15) is 33.6 Å². The van der Waals surface area contributed by atoms with Gasteiger partial charge in [0.05, 0.1) is 0 Å². The van der Waals surface area contributed by atoms with Crippen LogP contribution in [0.3, 0.4) is 0 Å². The van der Waals surface area contributed by atoms with Gasteiger partial charge < -0.3 is 24.8 Å². The molecule has 8 heteroatoms. The third-order valence-corrected chi connectivity index (χ3v) is 2.56. The molecule has 0 aromatic heterocycles. The van der Waals surface area contributed by atoms with Crippen LogP contribution in [0.2, 0.25) is 0 Å². The van der Waals surface area contributed by atoms with Crippen molar-refractivity contribution in [1.29, 1.82) is 0 Å². The minimum absolute atomic E-state index is 0. The lowest BCUT2D eigenvalue weighted by molar-refractivity contribution is -0.119. The van der Waals surface area contributed by atoms with Crippen molar-refractivity contribution < 1.29 is 28.6 Å². The van der Waals surface area contributed by atoms with Crippen molar-refractivity contribution in [3.63, 3.8) is 0 Å². The molecule has 0 atom stereocenters. The summed E-state index contributed by atoms with van der Waals surface area (Å²) in [5, 5.41) is 4.61. The molecule has 0 spiro atoms. The highest BCUT2D eigenvalue weighted by Crippen LogP contribution is 2.01. The van der Waals surface area contributed by atoms with Gasteiger partial charge in [0.15, 0.2) is 0 Å². The van der Waals surface area contributed by atoms with Gasteiger partial charge in [-0.25, -0.2) is 9.59 Å². The monoisotopic (exact) mass is 320 g/mol. The number of hydrogen-bond donors (Lipinski definition) is 2. The van der Waals surface area contributed by atoms with E-state index in [0.717, 1.165) is 0 Å². The highest BCUT2D eigenvalue weighted by Gasteiger charge is 2.15. The van der Waals surface area contributed by atoms with Crippen LogP contribution in [-0.2, 0) is 19.0 Å². The van der Waals surface area contributed by atoms with Crippen LogP contribution in [0.5, 0.6) is 0 Å². The van der Waals surface area contributed by atoms with E-state index in [0.29, 0.717) is 25.9 Å². The first kappa shape index (κ1) is 22.5. The van der Waals surface area contributed by atoms with Crippen molar-refractivity contribution in [2.75, 3.05) is 33.9 Å². The normalized spacial score (nSPS) is 9.64. The Bertz CT molecular complexity index is 315. The molecular formula is C14H28N2O6. The molecule has 0 heterocycles. The van der Waals surface area contributed by atoms with Crippen LogP contribution in [-0.4, -0.2) is 58.0 Å². The Balaban J connectivity index is 0. The van der Waals surface area contributed by atoms with Gasteiger partial charge in [0.25, 0.3) is 0 Å². The summed E-state index contributed by atoms with van der Waals surface area (Å²) in [4.78, 5) is 33.2. The van der Waals surface area contributed by atoms with Crippen LogP contribution < -0.4 is 10.6 Å². The Morgan fingerprint density at radius 3 is 1.91 bits per heavy atom. The molecule has 0 radical (unpaired) electrons. The van der Waals surface area contributed by atoms with E-state index in [-0.39, 0.29) is 26.4 Å². The molecule has 130 valence electrons. The summed E-state index contributed by atoms with van der Waals surface area (Å²) in [5.74, 6) is 0.165. The zero-order chi connectivity index (χ0) is 16.1. The molecule has 2 N–H and O–H groups in total. The lowest BCUT2D eigenvalue weighted by Gasteiger charge is -2.17. The molecule has 0 saturated heterocycles. The average molecular weight is 320 g/mol. The second-order valence-electron chi connectivity index (χ2n) is 4.19. The minimum atomic E-state index is -0.593. The summed E-state index contributed by atoms with van der Waals surface area (Å²) < 4.78 is 15.2. The number of ether oxygens (including phenoxy) is 3. The van der Waals surface area contributed by atoms with Gasteiger partial charge in [0.2, 0.25) is 0 Å². The number of nitrogens with one attached hydrogen (secondary N) is 2. The molecule has 0 fully saturated rings. The fourth-order valence-electron chi connectivity index (χ4n) is 1.32. The van der Waals surface area contributed by atoms with Gasteiger partial charge in [-0.15, -0.1) is 0 Å². The maximum Gasteiger partial charge on any atom is 0.406 e. The van der Waals surface area contributed by atoms with Crippen LogP contribution in [0.4, 0.5) is 9.59 Å². The Labute approximate surface area is 131 Å². The van der Waals surface area contributed by atoms with E-state index in [2.05, 4.69) is 10.6 Å². The fraction of sp³-hybridized carbons (Fsp3) is 0.786. The minimum Gasteiger partial charge on any atom is -0.447 e. The molecule has 0 rings (SSSR count). The van der Waals surface area contributed by atoms with E-state index >= 15 is 0 Å². The van der Waals surface area contributed by atoms with Crippen LogP contribution in [0.25, 0.3) is 0 Å². The number of hydrogen-bond acceptors (Lipinski definition) is 6. The molecule has 0 aromatic carbocycles. The van der Waals surface area contributed by atoms with Crippen molar-refractivity contribution in [2.24, 2.45) is 0 Å². The predicted octanol–water partition coefficient (Wildman–Crippen LogP) is 1.48. The number of carbonyl (C=O) groups is 3. The molecule has 0 unspecified atom stereocenters. The largest absolute Gasteiger partial charge is 0.447 e. The van der Waals surface area contributed by atoms with Crippen molar-refractivity contribution in [1.82, 2.24) is 10.6 Å². The first-order valence-electron chi connectivity index (χ1n) is 6.85. The Morgan fingerprint density at radius 1 is 1.00 bits per heavy atom. The number of Topliss-reactive ketones (excluding diaryl/α,β-unsaturated/α-hetero) is 1. The maximum atomic E-state index is 11.2. The van der Waals surface area contributed by atoms with Gasteiger partial charge >= 0.3 is 12.2 Å². The van der Waals surface area contributed by atoms with Crippen molar-refractivity contribution in [2.45, 2.75) is 39.7 Å². The molecular weight excluding hydrogens is 292 g/mol. The molecule has 0 aliphatic rings. The van der Waals surface area contributed by atoms with E-state index < -0.39 is 18.3 Å². The van der Waals surface area contributed by atoms with Crippen LogP contribution >= 0.6 is 0 Å². The molecule has 22 heavy (non-hydrogen) atoms. The summed E-state index contributed by atoms with van der Waals surface area (Å²) in [5.41, 5.74) is 0. The Morgan fingerprint density at radius 2 is 1.50 bits per heavy atom. The summed E-state index contributed by atoms with van der Waals surface area (Å²) >= 11 is 0. The van der Waals surface area contributed by atoms with Gasteiger partial charge in [-0.3, -0.25) is 4.79 Å². The summed E-state index contributed by atoms with van der Waals surface area (Å²) in [7, 11) is 2.88. The third-order valence-electron chi connectivity index (χ3n) is 2.56. The zero-order valence-corrected chi connectivity index (χ0v) is 12.8. The lowest BCUT2D eigenvalue weighted by atomic mass is 10.2. The van der Waals surface area contributed by atoms with Gasteiger partial charge in [0, 0.05) is 33.5 Å². The molecule has 0 aromatic rings. The fourth-order valence-corrected chi connectivity index (χ4v) is 1.32. The van der Waals surface area contributed by atoms with Gasteiger partial charge in [-0.1, -0.05) is 14.4 Å². The molecule has 0 aliphatic heterocycles. The van der Waals surface area contributed by atoms with Gasteiger partial charge in [-0.2, -0.15) is 0 Å². The average Bonchev–Trinajstić information content (AvgIpc) is 2.51. The quantitative estimate of drug-likeness (QED) is 0.591. The number of amides is 2. The van der Waals surface area contributed by atoms with Crippen LogP contribution in [0.15, 0.2) is 0 Å². The second-order valence-corrected chi connectivity index (χ2v) is 4.19. The van der Waals surface area contributed by atoms with E-state index in [1.807, 2.05) is 0 Å². The van der Waals surface area contributed by atoms with Crippen LogP contribution in [0, 0.1) is 0 Å². The molecule has 0 bridgehead atoms. The summed E-state index contributed by atoms with van der Waals surface area (Å²) in [6, 6.07) is 0. The first-order valence-corrected chi connectivity index (χ1v) is 6.85. The zero-order valence-electron chi connectivity index (χ0n) is 12.8. The SMILES string of the molecule is C.CCC(=O)CCCOC(COC(=O)NC)COC(=O)NC. The lowest BCUT2D eigenvalue weighted by Crippen LogP contribution is -2.33. The third kappa shape index (κ3) is 12.0. The topological polar surface area (TPSA) is 103 Å². The number of ketones is 1. The molecule has 0 aliphatic carbocycles. The van der Waals surface area contributed by atoms with E-state index in [4.69, 9.17) is 14.2 Å². The predicted molar refractivity (Wildman–Crippen MR) is 81.8 cm³/mol. The van der Waals surface area contributed by atoms with E-state index in [9.17, 15) is 14.4 Å². The number of alkyl carbamates (subject to hydrolysis) is 2. The van der Waals surface area contributed by atoms with E-state index in [1.165, 1.54) is 14.1 Å². The molecule has 0 saturated carbocycles. The second kappa shape index (κ2) is 14.1. The highest BCUT2D eigenvalue weighted by molar-refractivity contribution is 5.77. The number of rotatable bonds is 10. The first-order chi connectivity index (χ1) is 10.0. The van der Waals surface area contributed by atoms with Crippen molar-refractivity contribution in [3.05, 3.63) is 0 Å². The Hall–Kier alpha value is -1.83. The Kier molecular flexibility index (Phi) is 14.4. The van der Waals surface area contributed by atoms with Gasteiger partial charge in [-0.05, 0) is 6.42 Å². The maximum absolute atomic E-state index is 11.2. The molecule has 2 amide bonds. The summed E-state index contributed by atoms with van der Waals surface area (Å²) in [6.07, 6.45) is -0.243. The number of carbonyl (C=O) groups excluding carboxylic acids is 3. The summed E-state index contributed by atoms with van der Waals surface area (Å²) in [6.45, 7) is 2.04. The van der Waals surface area contributed by atoms with Gasteiger partial charge in [0.1, 0.15) is 25.1 Å². The highest BCUT2D eigenvalue weighted by atomic mass is 16.6. The van der Waals surface area contributed by atoms with E-state index in [1.54, 1.807) is 6.92 Å². The smallest absolute Gasteiger partial charge is 0.406 e. The van der Waals surface area contributed by atoms with Crippen molar-refractivity contribution in [3.8, 4) is 0 Å². The van der Waals surface area contributed by atoms with Crippen molar-refractivity contribution >= 4 is 18.0 Å². The standard InChI is InChI=1S/C13H24N2O6.CH4/c1-4-10(16)6-5-7-19-11(8-20-12(17)14-2)9-21-13(18)15-3;/h11H,4-9H2,1-3H3,(H,14,17)(H,15,18);1H4. The molecule has 8 nitrogen and oxygen atoms in total.